The third-order valence-electron chi connectivity index (χ3n) is 2.06. The number of halogens is 1. The summed E-state index contributed by atoms with van der Waals surface area (Å²) in [4.78, 5) is 4.20. The zero-order chi connectivity index (χ0) is 11.8. The number of aromatic nitrogens is 1. The van der Waals surface area contributed by atoms with Gasteiger partial charge in [-0.2, -0.15) is 0 Å². The molecule has 0 fully saturated rings. The van der Waals surface area contributed by atoms with Crippen molar-refractivity contribution in [1.82, 2.24) is 10.3 Å². The van der Waals surface area contributed by atoms with Crippen LogP contribution >= 0.6 is 11.6 Å². The van der Waals surface area contributed by atoms with Gasteiger partial charge in [0, 0.05) is 12.7 Å². The molecule has 0 aromatic carbocycles. The first-order valence-electron chi connectivity index (χ1n) is 5.75. The van der Waals surface area contributed by atoms with Gasteiger partial charge >= 0.3 is 0 Å². The van der Waals surface area contributed by atoms with Crippen LogP contribution in [0.4, 0.5) is 0 Å². The zero-order valence-corrected chi connectivity index (χ0v) is 10.7. The largest absolute Gasteiger partial charge is 0.477 e. The van der Waals surface area contributed by atoms with Crippen LogP contribution in [0.15, 0.2) is 12.3 Å². The Morgan fingerprint density at radius 2 is 2.19 bits per heavy atom. The van der Waals surface area contributed by atoms with Crippen LogP contribution in [0.5, 0.6) is 5.88 Å². The van der Waals surface area contributed by atoms with Gasteiger partial charge in [-0.25, -0.2) is 4.98 Å². The lowest BCUT2D eigenvalue weighted by Crippen LogP contribution is -2.14. The van der Waals surface area contributed by atoms with E-state index in [1.165, 1.54) is 0 Å². The van der Waals surface area contributed by atoms with Gasteiger partial charge in [0.1, 0.15) is 5.02 Å². The van der Waals surface area contributed by atoms with Crippen molar-refractivity contribution in [2.75, 3.05) is 13.2 Å². The SMILES string of the molecule is CCCNCc1cnc(OCCC)c(Cl)c1. The van der Waals surface area contributed by atoms with Gasteiger partial charge in [-0.05, 0) is 31.0 Å². The van der Waals surface area contributed by atoms with E-state index in [2.05, 4.69) is 24.1 Å². The van der Waals surface area contributed by atoms with E-state index in [1.807, 2.05) is 6.07 Å². The maximum atomic E-state index is 6.06. The minimum atomic E-state index is 0.530. The summed E-state index contributed by atoms with van der Waals surface area (Å²) in [6.45, 7) is 6.65. The number of hydrogen-bond donors (Lipinski definition) is 1. The van der Waals surface area contributed by atoms with Gasteiger partial charge in [0.05, 0.1) is 6.61 Å². The molecule has 1 rings (SSSR count). The first kappa shape index (κ1) is 13.3. The van der Waals surface area contributed by atoms with Crippen LogP contribution in [0.3, 0.4) is 0 Å². The highest BCUT2D eigenvalue weighted by Gasteiger charge is 2.04. The Morgan fingerprint density at radius 1 is 1.38 bits per heavy atom. The van der Waals surface area contributed by atoms with Crippen molar-refractivity contribution < 1.29 is 4.74 Å². The van der Waals surface area contributed by atoms with Gasteiger partial charge in [0.25, 0.3) is 0 Å². The van der Waals surface area contributed by atoms with E-state index in [0.717, 1.165) is 31.5 Å². The van der Waals surface area contributed by atoms with E-state index in [-0.39, 0.29) is 0 Å². The Kier molecular flexibility index (Phi) is 6.19. The fourth-order valence-electron chi connectivity index (χ4n) is 1.28. The van der Waals surface area contributed by atoms with Gasteiger partial charge in [-0.1, -0.05) is 25.4 Å². The predicted molar refractivity (Wildman–Crippen MR) is 67.0 cm³/mol. The molecule has 0 saturated heterocycles. The highest BCUT2D eigenvalue weighted by atomic mass is 35.5. The molecule has 16 heavy (non-hydrogen) atoms. The second kappa shape index (κ2) is 7.47. The summed E-state index contributed by atoms with van der Waals surface area (Å²) in [5.41, 5.74) is 1.09. The van der Waals surface area contributed by atoms with Gasteiger partial charge in [0.2, 0.25) is 5.88 Å². The normalized spacial score (nSPS) is 10.4. The van der Waals surface area contributed by atoms with Crippen LogP contribution in [0.25, 0.3) is 0 Å². The fourth-order valence-corrected chi connectivity index (χ4v) is 1.52. The van der Waals surface area contributed by atoms with Crippen LogP contribution in [0.1, 0.15) is 32.3 Å². The average Bonchev–Trinajstić information content (AvgIpc) is 2.28. The second-order valence-corrected chi connectivity index (χ2v) is 4.06. The molecule has 90 valence electrons. The van der Waals surface area contributed by atoms with Crippen LogP contribution < -0.4 is 10.1 Å². The summed E-state index contributed by atoms with van der Waals surface area (Å²) in [5, 5.41) is 3.89. The molecule has 0 unspecified atom stereocenters. The molecule has 1 aromatic heterocycles. The summed E-state index contributed by atoms with van der Waals surface area (Å²) in [6, 6.07) is 1.90. The lowest BCUT2D eigenvalue weighted by atomic mass is 10.3. The minimum absolute atomic E-state index is 0.530. The zero-order valence-electron chi connectivity index (χ0n) is 9.92. The maximum Gasteiger partial charge on any atom is 0.232 e. The molecular weight excluding hydrogens is 224 g/mol. The molecule has 0 amide bonds. The lowest BCUT2D eigenvalue weighted by molar-refractivity contribution is 0.305. The minimum Gasteiger partial charge on any atom is -0.477 e. The summed E-state index contributed by atoms with van der Waals surface area (Å²) < 4.78 is 5.40. The molecule has 0 spiro atoms. The Bertz CT molecular complexity index is 318. The van der Waals surface area contributed by atoms with Crippen molar-refractivity contribution in [2.45, 2.75) is 33.2 Å². The molecule has 0 atom stereocenters. The van der Waals surface area contributed by atoms with Crippen molar-refractivity contribution in [3.05, 3.63) is 22.8 Å². The third kappa shape index (κ3) is 4.37. The molecule has 0 aliphatic rings. The number of nitrogens with zero attached hydrogens (tertiary/aromatic N) is 1. The second-order valence-electron chi connectivity index (χ2n) is 3.66. The number of hydrogen-bond acceptors (Lipinski definition) is 3. The Morgan fingerprint density at radius 3 is 2.81 bits per heavy atom. The molecule has 1 N–H and O–H groups in total. The van der Waals surface area contributed by atoms with E-state index in [1.54, 1.807) is 6.20 Å². The Labute approximate surface area is 102 Å². The van der Waals surface area contributed by atoms with Crippen LogP contribution in [0, 0.1) is 0 Å². The first-order chi connectivity index (χ1) is 7.77. The van der Waals surface area contributed by atoms with Gasteiger partial charge in [-0.15, -0.1) is 0 Å². The van der Waals surface area contributed by atoms with Gasteiger partial charge in [-0.3, -0.25) is 0 Å². The average molecular weight is 243 g/mol. The Hall–Kier alpha value is -0.800. The van der Waals surface area contributed by atoms with E-state index >= 15 is 0 Å². The fraction of sp³-hybridized carbons (Fsp3) is 0.583. The highest BCUT2D eigenvalue weighted by molar-refractivity contribution is 6.31. The van der Waals surface area contributed by atoms with Gasteiger partial charge < -0.3 is 10.1 Å². The highest BCUT2D eigenvalue weighted by Crippen LogP contribution is 2.22. The van der Waals surface area contributed by atoms with Crippen LogP contribution in [-0.2, 0) is 6.54 Å². The topological polar surface area (TPSA) is 34.2 Å². The molecule has 3 nitrogen and oxygen atoms in total. The summed E-state index contributed by atoms with van der Waals surface area (Å²) in [6.07, 6.45) is 3.89. The summed E-state index contributed by atoms with van der Waals surface area (Å²) >= 11 is 6.06. The van der Waals surface area contributed by atoms with Crippen molar-refractivity contribution in [2.24, 2.45) is 0 Å². The molecule has 4 heteroatoms. The van der Waals surface area contributed by atoms with Crippen molar-refractivity contribution >= 4 is 11.6 Å². The summed E-state index contributed by atoms with van der Waals surface area (Å²) in [5.74, 6) is 0.530. The standard InChI is InChI=1S/C12H19ClN2O/c1-3-5-14-8-10-7-11(13)12(15-9-10)16-6-4-2/h7,9,14H,3-6,8H2,1-2H3. The van der Waals surface area contributed by atoms with Crippen molar-refractivity contribution in [3.8, 4) is 5.88 Å². The molecular formula is C12H19ClN2O. The Balaban J connectivity index is 2.53. The number of ether oxygens (including phenoxy) is 1. The van der Waals surface area contributed by atoms with E-state index in [4.69, 9.17) is 16.3 Å². The monoisotopic (exact) mass is 242 g/mol. The molecule has 1 aromatic rings. The molecule has 0 bridgehead atoms. The molecule has 0 saturated carbocycles. The van der Waals surface area contributed by atoms with Crippen molar-refractivity contribution in [1.29, 1.82) is 0 Å². The molecule has 0 aliphatic carbocycles. The van der Waals surface area contributed by atoms with Crippen LogP contribution in [0.2, 0.25) is 5.02 Å². The number of rotatable bonds is 7. The third-order valence-corrected chi connectivity index (χ3v) is 2.33. The smallest absolute Gasteiger partial charge is 0.232 e. The van der Waals surface area contributed by atoms with E-state index < -0.39 is 0 Å². The van der Waals surface area contributed by atoms with Gasteiger partial charge in [0.15, 0.2) is 0 Å². The molecule has 0 aliphatic heterocycles. The quantitative estimate of drug-likeness (QED) is 0.747. The van der Waals surface area contributed by atoms with Crippen LogP contribution in [-0.4, -0.2) is 18.1 Å². The number of pyridine rings is 1. The van der Waals surface area contributed by atoms with E-state index in [0.29, 0.717) is 17.5 Å². The number of nitrogens with one attached hydrogen (secondary N) is 1. The van der Waals surface area contributed by atoms with Crippen molar-refractivity contribution in [3.63, 3.8) is 0 Å². The summed E-state index contributed by atoms with van der Waals surface area (Å²) in [7, 11) is 0. The predicted octanol–water partition coefficient (Wildman–Crippen LogP) is 3.02. The molecule has 1 heterocycles. The lowest BCUT2D eigenvalue weighted by Gasteiger charge is -2.08. The van der Waals surface area contributed by atoms with E-state index in [9.17, 15) is 0 Å². The maximum absolute atomic E-state index is 6.06. The molecule has 0 radical (unpaired) electrons. The first-order valence-corrected chi connectivity index (χ1v) is 6.13.